The highest BCUT2D eigenvalue weighted by Gasteiger charge is 2.17. The zero-order valence-electron chi connectivity index (χ0n) is 17.6. The predicted molar refractivity (Wildman–Crippen MR) is 124 cm³/mol. The molecule has 0 N–H and O–H groups in total. The summed E-state index contributed by atoms with van der Waals surface area (Å²) in [5.41, 5.74) is 1.65. The molecule has 0 spiro atoms. The smallest absolute Gasteiger partial charge is 0.262 e. The van der Waals surface area contributed by atoms with Crippen LogP contribution in [0.1, 0.15) is 32.0 Å². The summed E-state index contributed by atoms with van der Waals surface area (Å²) in [5, 5.41) is 14.2. The molecule has 162 valence electrons. The molecule has 0 unspecified atom stereocenters. The van der Waals surface area contributed by atoms with Crippen molar-refractivity contribution in [2.24, 2.45) is 0 Å². The molecule has 2 aromatic carbocycles. The van der Waals surface area contributed by atoms with Gasteiger partial charge < -0.3 is 4.52 Å². The van der Waals surface area contributed by atoms with Crippen LogP contribution in [-0.2, 0) is 12.3 Å². The number of hydrogen-bond acceptors (Lipinski definition) is 7. The normalized spacial score (nSPS) is 11.5. The third-order valence-corrected chi connectivity index (χ3v) is 6.21. The lowest BCUT2D eigenvalue weighted by Gasteiger charge is -2.10. The van der Waals surface area contributed by atoms with E-state index < -0.39 is 0 Å². The van der Waals surface area contributed by atoms with Crippen molar-refractivity contribution >= 4 is 28.4 Å². The summed E-state index contributed by atoms with van der Waals surface area (Å²) >= 11 is 1.46. The first kappa shape index (κ1) is 20.4. The van der Waals surface area contributed by atoms with Crippen molar-refractivity contribution in [2.45, 2.75) is 43.6 Å². The third kappa shape index (κ3) is 3.80. The molecule has 32 heavy (non-hydrogen) atoms. The number of rotatable bonds is 8. The molecule has 0 atom stereocenters. The molecule has 8 nitrogen and oxygen atoms in total. The van der Waals surface area contributed by atoms with Gasteiger partial charge in [0.05, 0.1) is 16.7 Å². The van der Waals surface area contributed by atoms with Gasteiger partial charge in [-0.2, -0.15) is 4.98 Å². The van der Waals surface area contributed by atoms with Crippen LogP contribution in [0.15, 0.2) is 69.1 Å². The van der Waals surface area contributed by atoms with Crippen LogP contribution < -0.4 is 5.56 Å². The van der Waals surface area contributed by atoms with Crippen molar-refractivity contribution in [1.29, 1.82) is 0 Å². The number of fused-ring (bicyclic) bond motifs is 3. The molecule has 0 aliphatic heterocycles. The Hall–Kier alpha value is -3.46. The predicted octanol–water partition coefficient (Wildman–Crippen LogP) is 4.58. The Balaban J connectivity index is 1.49. The Labute approximate surface area is 188 Å². The van der Waals surface area contributed by atoms with Crippen molar-refractivity contribution < 1.29 is 4.52 Å². The van der Waals surface area contributed by atoms with Crippen molar-refractivity contribution in [3.05, 3.63) is 70.8 Å². The number of aromatic nitrogens is 6. The maximum absolute atomic E-state index is 13.1. The molecule has 0 aliphatic carbocycles. The summed E-state index contributed by atoms with van der Waals surface area (Å²) < 4.78 is 9.09. The lowest BCUT2D eigenvalue weighted by atomic mass is 10.2. The van der Waals surface area contributed by atoms with Gasteiger partial charge in [0.2, 0.25) is 5.78 Å². The number of thioether (sulfide) groups is 1. The van der Waals surface area contributed by atoms with Crippen LogP contribution in [0, 0.1) is 0 Å². The maximum Gasteiger partial charge on any atom is 0.262 e. The second-order valence-corrected chi connectivity index (χ2v) is 8.41. The SMILES string of the molecule is CCCCCn1c(=O)c2ccccc2n2c(SCc3noc(-c4ccccc4)n3)nnc12. The van der Waals surface area contributed by atoms with E-state index >= 15 is 0 Å². The van der Waals surface area contributed by atoms with E-state index in [1.165, 1.54) is 11.8 Å². The molecule has 0 bridgehead atoms. The Bertz CT molecular complexity index is 1420. The number of hydrogen-bond donors (Lipinski definition) is 0. The van der Waals surface area contributed by atoms with Crippen LogP contribution in [0.25, 0.3) is 28.1 Å². The molecule has 0 amide bonds. The first-order valence-electron chi connectivity index (χ1n) is 10.6. The highest BCUT2D eigenvalue weighted by molar-refractivity contribution is 7.98. The minimum Gasteiger partial charge on any atom is -0.334 e. The Morgan fingerprint density at radius 1 is 1.00 bits per heavy atom. The molecule has 0 saturated heterocycles. The zero-order chi connectivity index (χ0) is 21.9. The van der Waals surface area contributed by atoms with E-state index in [0.29, 0.717) is 40.3 Å². The fraction of sp³-hybridized carbons (Fsp3) is 0.261. The molecule has 0 aliphatic rings. The number of unbranched alkanes of at least 4 members (excludes halogenated alkanes) is 2. The van der Waals surface area contributed by atoms with Gasteiger partial charge in [-0.25, -0.2) is 0 Å². The third-order valence-electron chi connectivity index (χ3n) is 5.28. The largest absolute Gasteiger partial charge is 0.334 e. The molecule has 0 saturated carbocycles. The molecular formula is C23H22N6O2S. The molecule has 5 aromatic rings. The number of benzene rings is 2. The van der Waals surface area contributed by atoms with Crippen molar-refractivity contribution in [3.63, 3.8) is 0 Å². The zero-order valence-corrected chi connectivity index (χ0v) is 18.5. The number of aryl methyl sites for hydroxylation is 1. The maximum atomic E-state index is 13.1. The van der Waals surface area contributed by atoms with E-state index in [1.54, 1.807) is 4.57 Å². The topological polar surface area (TPSA) is 91.1 Å². The van der Waals surface area contributed by atoms with E-state index in [-0.39, 0.29) is 5.56 Å². The summed E-state index contributed by atoms with van der Waals surface area (Å²) in [5.74, 6) is 2.10. The van der Waals surface area contributed by atoms with Crippen molar-refractivity contribution in [2.75, 3.05) is 0 Å². The van der Waals surface area contributed by atoms with E-state index in [2.05, 4.69) is 27.3 Å². The molecule has 5 rings (SSSR count). The Morgan fingerprint density at radius 3 is 2.66 bits per heavy atom. The second-order valence-electron chi connectivity index (χ2n) is 7.47. The van der Waals surface area contributed by atoms with Gasteiger partial charge in [-0.3, -0.25) is 13.8 Å². The van der Waals surface area contributed by atoms with Gasteiger partial charge in [0.1, 0.15) is 0 Å². The van der Waals surface area contributed by atoms with Crippen LogP contribution in [-0.4, -0.2) is 29.3 Å². The summed E-state index contributed by atoms with van der Waals surface area (Å²) in [7, 11) is 0. The summed E-state index contributed by atoms with van der Waals surface area (Å²) in [6.07, 6.45) is 3.07. The average Bonchev–Trinajstić information content (AvgIpc) is 3.48. The summed E-state index contributed by atoms with van der Waals surface area (Å²) in [6.45, 7) is 2.76. The van der Waals surface area contributed by atoms with Crippen molar-refractivity contribution in [3.8, 4) is 11.5 Å². The van der Waals surface area contributed by atoms with Gasteiger partial charge in [0.15, 0.2) is 11.0 Å². The van der Waals surface area contributed by atoms with E-state index in [1.807, 2.05) is 59.0 Å². The molecule has 3 aromatic heterocycles. The van der Waals surface area contributed by atoms with Crippen molar-refractivity contribution in [1.82, 2.24) is 29.3 Å². The van der Waals surface area contributed by atoms with Crippen LogP contribution in [0.3, 0.4) is 0 Å². The Kier molecular flexibility index (Phi) is 5.72. The molecular weight excluding hydrogens is 424 g/mol. The number of para-hydroxylation sites is 1. The molecule has 3 heterocycles. The van der Waals surface area contributed by atoms with E-state index in [9.17, 15) is 4.79 Å². The van der Waals surface area contributed by atoms with Gasteiger partial charge in [0, 0.05) is 12.1 Å². The second kappa shape index (κ2) is 8.96. The summed E-state index contributed by atoms with van der Waals surface area (Å²) in [6, 6.07) is 17.3. The van der Waals surface area contributed by atoms with E-state index in [4.69, 9.17) is 4.52 Å². The minimum atomic E-state index is -0.0289. The minimum absolute atomic E-state index is 0.0289. The molecule has 0 radical (unpaired) electrons. The van der Waals surface area contributed by atoms with Crippen LogP contribution in [0.4, 0.5) is 0 Å². The van der Waals surface area contributed by atoms with Gasteiger partial charge in [0.25, 0.3) is 11.4 Å². The van der Waals surface area contributed by atoms with Crippen LogP contribution >= 0.6 is 11.8 Å². The first-order chi connectivity index (χ1) is 15.8. The molecule has 9 heteroatoms. The van der Waals surface area contributed by atoms with Gasteiger partial charge in [-0.05, 0) is 30.7 Å². The lowest BCUT2D eigenvalue weighted by molar-refractivity contribution is 0.425. The Morgan fingerprint density at radius 2 is 1.81 bits per heavy atom. The fourth-order valence-electron chi connectivity index (χ4n) is 3.69. The standard InChI is InChI=1S/C23H22N6O2S/c1-2-3-9-14-28-21(30)17-12-7-8-13-18(17)29-22(28)25-26-23(29)32-15-19-24-20(31-27-19)16-10-5-4-6-11-16/h4-8,10-13H,2-3,9,14-15H2,1H3. The van der Waals surface area contributed by atoms with E-state index in [0.717, 1.165) is 30.3 Å². The van der Waals surface area contributed by atoms with Gasteiger partial charge in [-0.15, -0.1) is 10.2 Å². The monoisotopic (exact) mass is 446 g/mol. The van der Waals surface area contributed by atoms with Crippen LogP contribution in [0.2, 0.25) is 0 Å². The fourth-order valence-corrected chi connectivity index (χ4v) is 4.47. The highest BCUT2D eigenvalue weighted by atomic mass is 32.2. The average molecular weight is 447 g/mol. The lowest BCUT2D eigenvalue weighted by Crippen LogP contribution is -2.23. The first-order valence-corrected chi connectivity index (χ1v) is 11.6. The molecule has 0 fully saturated rings. The van der Waals surface area contributed by atoms with Crippen LogP contribution in [0.5, 0.6) is 0 Å². The highest BCUT2D eigenvalue weighted by Crippen LogP contribution is 2.25. The van der Waals surface area contributed by atoms with Gasteiger partial charge in [-0.1, -0.05) is 67.0 Å². The number of nitrogens with zero attached hydrogens (tertiary/aromatic N) is 6. The quantitative estimate of drug-likeness (QED) is 0.255. The van der Waals surface area contributed by atoms with Gasteiger partial charge >= 0.3 is 0 Å². The summed E-state index contributed by atoms with van der Waals surface area (Å²) in [4.78, 5) is 17.6.